The molecule has 1 aliphatic rings. The minimum Gasteiger partial charge on any atom is -0.406 e. The normalized spacial score (nSPS) is 13.2. The summed E-state index contributed by atoms with van der Waals surface area (Å²) in [5.41, 5.74) is 1.13. The standard InChI is InChI=1S/C19H15F4N5O2S/c20-12-1-5-14(6-2-12)27-9-10-28-17(27)25-26-18(28)31-11-16(29)24-13-3-7-15(8-4-13)30-19(21,22)23/h1-8H,9-11H2,(H,24,29). The highest BCUT2D eigenvalue weighted by atomic mass is 32.2. The van der Waals surface area contributed by atoms with Gasteiger partial charge in [0.15, 0.2) is 5.16 Å². The van der Waals surface area contributed by atoms with Gasteiger partial charge in [0.1, 0.15) is 11.6 Å². The number of nitrogens with zero attached hydrogens (tertiary/aromatic N) is 4. The summed E-state index contributed by atoms with van der Waals surface area (Å²) >= 11 is 1.19. The fourth-order valence-electron chi connectivity index (χ4n) is 3.02. The zero-order valence-corrected chi connectivity index (χ0v) is 16.6. The Balaban J connectivity index is 1.34. The molecule has 3 aromatic rings. The molecule has 0 saturated heterocycles. The van der Waals surface area contributed by atoms with Gasteiger partial charge in [-0.25, -0.2) is 4.39 Å². The highest BCUT2D eigenvalue weighted by Crippen LogP contribution is 2.32. The summed E-state index contributed by atoms with van der Waals surface area (Å²) in [7, 11) is 0. The molecule has 0 fully saturated rings. The van der Waals surface area contributed by atoms with Crippen LogP contribution in [0.25, 0.3) is 0 Å². The Hall–Kier alpha value is -3.28. The van der Waals surface area contributed by atoms with Gasteiger partial charge in [-0.1, -0.05) is 11.8 Å². The van der Waals surface area contributed by atoms with Gasteiger partial charge in [-0.15, -0.1) is 23.4 Å². The molecule has 0 atom stereocenters. The summed E-state index contributed by atoms with van der Waals surface area (Å²) < 4.78 is 55.4. The van der Waals surface area contributed by atoms with Crippen molar-refractivity contribution < 1.29 is 27.1 Å². The second-order valence-corrected chi connectivity index (χ2v) is 7.41. The van der Waals surface area contributed by atoms with E-state index in [9.17, 15) is 22.4 Å². The van der Waals surface area contributed by atoms with Gasteiger partial charge in [0.2, 0.25) is 11.9 Å². The molecule has 1 aliphatic heterocycles. The van der Waals surface area contributed by atoms with Crippen molar-refractivity contribution >= 4 is 35.0 Å². The number of halogens is 4. The molecular weight excluding hydrogens is 438 g/mol. The molecule has 2 heterocycles. The van der Waals surface area contributed by atoms with Gasteiger partial charge >= 0.3 is 6.36 Å². The molecule has 0 spiro atoms. The molecule has 12 heteroatoms. The van der Waals surface area contributed by atoms with Crippen molar-refractivity contribution in [3.63, 3.8) is 0 Å². The number of hydrogen-bond acceptors (Lipinski definition) is 6. The Morgan fingerprint density at radius 1 is 1.06 bits per heavy atom. The molecule has 1 aromatic heterocycles. The number of benzene rings is 2. The fraction of sp³-hybridized carbons (Fsp3) is 0.211. The van der Waals surface area contributed by atoms with Gasteiger partial charge in [-0.05, 0) is 48.5 Å². The third kappa shape index (κ3) is 5.08. The number of carbonyl (C=O) groups is 1. The quantitative estimate of drug-likeness (QED) is 0.446. The first-order valence-corrected chi connectivity index (χ1v) is 10.0. The first-order chi connectivity index (χ1) is 14.8. The van der Waals surface area contributed by atoms with Crippen molar-refractivity contribution in [2.45, 2.75) is 18.1 Å². The number of thioether (sulfide) groups is 1. The first-order valence-electron chi connectivity index (χ1n) is 9.03. The highest BCUT2D eigenvalue weighted by Gasteiger charge is 2.31. The van der Waals surface area contributed by atoms with E-state index in [4.69, 9.17) is 0 Å². The molecule has 1 N–H and O–H groups in total. The van der Waals surface area contributed by atoms with E-state index >= 15 is 0 Å². The van der Waals surface area contributed by atoms with Crippen LogP contribution in [-0.4, -0.2) is 39.3 Å². The molecule has 0 saturated carbocycles. The summed E-state index contributed by atoms with van der Waals surface area (Å²) in [5.74, 6) is -0.399. The second-order valence-electron chi connectivity index (χ2n) is 6.47. The van der Waals surface area contributed by atoms with Gasteiger partial charge in [-0.2, -0.15) is 0 Å². The number of carbonyl (C=O) groups excluding carboxylic acids is 1. The van der Waals surface area contributed by atoms with Crippen LogP contribution in [0.3, 0.4) is 0 Å². The predicted molar refractivity (Wildman–Crippen MR) is 106 cm³/mol. The molecule has 31 heavy (non-hydrogen) atoms. The molecule has 7 nitrogen and oxygen atoms in total. The van der Waals surface area contributed by atoms with E-state index in [1.807, 2.05) is 9.47 Å². The molecule has 0 bridgehead atoms. The fourth-order valence-corrected chi connectivity index (χ4v) is 3.78. The van der Waals surface area contributed by atoms with Crippen molar-refractivity contribution in [2.75, 3.05) is 22.5 Å². The summed E-state index contributed by atoms with van der Waals surface area (Å²) in [5, 5.41) is 11.4. The number of alkyl halides is 3. The predicted octanol–water partition coefficient (Wildman–Crippen LogP) is 4.20. The number of amides is 1. The molecule has 0 radical (unpaired) electrons. The molecule has 0 unspecified atom stereocenters. The lowest BCUT2D eigenvalue weighted by molar-refractivity contribution is -0.274. The van der Waals surface area contributed by atoms with Crippen molar-refractivity contribution in [1.82, 2.24) is 14.8 Å². The third-order valence-corrected chi connectivity index (χ3v) is 5.30. The van der Waals surface area contributed by atoms with Crippen LogP contribution in [0.5, 0.6) is 5.75 Å². The lowest BCUT2D eigenvalue weighted by Gasteiger charge is -2.14. The lowest BCUT2D eigenvalue weighted by Crippen LogP contribution is -2.17. The third-order valence-electron chi connectivity index (χ3n) is 4.33. The number of fused-ring (bicyclic) bond motifs is 1. The Morgan fingerprint density at radius 3 is 2.45 bits per heavy atom. The van der Waals surface area contributed by atoms with Gasteiger partial charge < -0.3 is 15.0 Å². The van der Waals surface area contributed by atoms with E-state index in [0.29, 0.717) is 29.9 Å². The topological polar surface area (TPSA) is 72.3 Å². The summed E-state index contributed by atoms with van der Waals surface area (Å²) in [4.78, 5) is 14.1. The average Bonchev–Trinajstić information content (AvgIpc) is 3.30. The maximum absolute atomic E-state index is 13.1. The summed E-state index contributed by atoms with van der Waals surface area (Å²) in [6, 6.07) is 10.9. The van der Waals surface area contributed by atoms with E-state index in [1.54, 1.807) is 12.1 Å². The van der Waals surface area contributed by atoms with Crippen LogP contribution in [0.1, 0.15) is 0 Å². The zero-order chi connectivity index (χ0) is 22.0. The largest absolute Gasteiger partial charge is 0.573 e. The molecule has 1 amide bonds. The smallest absolute Gasteiger partial charge is 0.406 e. The van der Waals surface area contributed by atoms with Gasteiger partial charge in [0, 0.05) is 24.5 Å². The van der Waals surface area contributed by atoms with E-state index in [2.05, 4.69) is 20.3 Å². The van der Waals surface area contributed by atoms with Crippen LogP contribution < -0.4 is 15.0 Å². The van der Waals surface area contributed by atoms with E-state index < -0.39 is 6.36 Å². The number of hydrogen-bond donors (Lipinski definition) is 1. The zero-order valence-electron chi connectivity index (χ0n) is 15.8. The molecule has 4 rings (SSSR count). The van der Waals surface area contributed by atoms with Crippen molar-refractivity contribution in [3.8, 4) is 5.75 Å². The Kier molecular flexibility index (Phi) is 5.72. The molecule has 0 aliphatic carbocycles. The van der Waals surface area contributed by atoms with Crippen LogP contribution in [0.15, 0.2) is 53.7 Å². The Labute approximate surface area is 178 Å². The lowest BCUT2D eigenvalue weighted by atomic mass is 10.3. The second kappa shape index (κ2) is 8.46. The maximum Gasteiger partial charge on any atom is 0.573 e. The van der Waals surface area contributed by atoms with Crippen LogP contribution in [0.2, 0.25) is 0 Å². The minimum absolute atomic E-state index is 0.0372. The maximum atomic E-state index is 13.1. The van der Waals surface area contributed by atoms with Crippen LogP contribution in [-0.2, 0) is 11.3 Å². The monoisotopic (exact) mass is 453 g/mol. The van der Waals surface area contributed by atoms with Crippen molar-refractivity contribution in [3.05, 3.63) is 54.3 Å². The van der Waals surface area contributed by atoms with Gasteiger partial charge in [0.05, 0.1) is 5.75 Å². The van der Waals surface area contributed by atoms with Crippen LogP contribution >= 0.6 is 11.8 Å². The first kappa shape index (κ1) is 21.0. The average molecular weight is 453 g/mol. The number of nitrogens with one attached hydrogen (secondary N) is 1. The molecular formula is C19H15F4N5O2S. The van der Waals surface area contributed by atoms with Crippen molar-refractivity contribution in [1.29, 1.82) is 0 Å². The number of anilines is 3. The van der Waals surface area contributed by atoms with Gasteiger partial charge in [-0.3, -0.25) is 9.36 Å². The van der Waals surface area contributed by atoms with E-state index in [1.165, 1.54) is 36.0 Å². The molecule has 2 aromatic carbocycles. The SMILES string of the molecule is O=C(CSc1nnc2n1CCN2c1ccc(F)cc1)Nc1ccc(OC(F)(F)F)cc1. The van der Waals surface area contributed by atoms with Gasteiger partial charge in [0.25, 0.3) is 0 Å². The van der Waals surface area contributed by atoms with Crippen LogP contribution in [0, 0.1) is 5.82 Å². The highest BCUT2D eigenvalue weighted by molar-refractivity contribution is 7.99. The van der Waals surface area contributed by atoms with E-state index in [0.717, 1.165) is 17.8 Å². The summed E-state index contributed by atoms with van der Waals surface area (Å²) in [6.07, 6.45) is -4.77. The van der Waals surface area contributed by atoms with Crippen molar-refractivity contribution in [2.24, 2.45) is 0 Å². The Morgan fingerprint density at radius 2 is 1.77 bits per heavy atom. The van der Waals surface area contributed by atoms with Crippen LogP contribution in [0.4, 0.5) is 34.9 Å². The molecule has 162 valence electrons. The minimum atomic E-state index is -4.77. The number of rotatable bonds is 6. The number of ether oxygens (including phenoxy) is 1. The van der Waals surface area contributed by atoms with E-state index in [-0.39, 0.29) is 23.2 Å². The number of aromatic nitrogens is 3. The Bertz CT molecular complexity index is 1070. The summed E-state index contributed by atoms with van der Waals surface area (Å²) in [6.45, 7) is 1.26.